The number of aromatic carboxylic acids is 1. The van der Waals surface area contributed by atoms with Gasteiger partial charge >= 0.3 is 11.9 Å². The minimum Gasteiger partial charge on any atom is -0.478 e. The van der Waals surface area contributed by atoms with Crippen molar-refractivity contribution in [1.29, 1.82) is 0 Å². The normalized spacial score (nSPS) is 9.73. The van der Waals surface area contributed by atoms with Crippen LogP contribution in [0.4, 0.5) is 0 Å². The first kappa shape index (κ1) is 11.2. The predicted octanol–water partition coefficient (Wildman–Crippen LogP) is 0.664. The van der Waals surface area contributed by atoms with Gasteiger partial charge in [-0.05, 0) is 17.7 Å². The molecule has 0 radical (unpaired) electrons. The molecule has 1 rings (SSSR count). The van der Waals surface area contributed by atoms with Gasteiger partial charge in [-0.2, -0.15) is 0 Å². The van der Waals surface area contributed by atoms with Crippen molar-refractivity contribution in [2.24, 2.45) is 0 Å². The maximum atomic E-state index is 11.1. The number of carboxylic acid groups (broad SMARTS) is 1. The molecule has 0 aliphatic carbocycles. The summed E-state index contributed by atoms with van der Waals surface area (Å²) in [5.41, 5.74) is 0.308. The molecule has 1 aromatic carbocycles. The first-order valence-electron chi connectivity index (χ1n) is 4.15. The molecule has 0 aromatic heterocycles. The largest absolute Gasteiger partial charge is 0.478 e. The Labute approximate surface area is 85.9 Å². The summed E-state index contributed by atoms with van der Waals surface area (Å²) in [6, 6.07) is 3.97. The van der Waals surface area contributed by atoms with Crippen LogP contribution in [0, 0.1) is 0 Å². The topological polar surface area (TPSA) is 83.8 Å². The van der Waals surface area contributed by atoms with E-state index in [9.17, 15) is 9.59 Å². The molecule has 0 unspecified atom stereocenters. The number of ether oxygens (including phenoxy) is 1. The zero-order valence-electron chi connectivity index (χ0n) is 8.06. The molecule has 0 atom stereocenters. The molecular formula is C10H10O5. The van der Waals surface area contributed by atoms with Crippen molar-refractivity contribution in [3.63, 3.8) is 0 Å². The Kier molecular flexibility index (Phi) is 3.41. The van der Waals surface area contributed by atoms with Gasteiger partial charge in [-0.15, -0.1) is 0 Å². The third-order valence-corrected chi connectivity index (χ3v) is 1.93. The molecule has 0 saturated carbocycles. The molecule has 2 N–H and O–H groups in total. The Bertz CT molecular complexity index is 397. The zero-order valence-corrected chi connectivity index (χ0v) is 8.06. The first-order chi connectivity index (χ1) is 7.10. The molecule has 0 heterocycles. The number of carbonyl (C=O) groups is 2. The second-order valence-electron chi connectivity index (χ2n) is 2.83. The third-order valence-electron chi connectivity index (χ3n) is 1.93. The maximum Gasteiger partial charge on any atom is 0.337 e. The number of methoxy groups -OCH3 is 1. The number of benzene rings is 1. The lowest BCUT2D eigenvalue weighted by molar-refractivity contribution is 0.0600. The molecular weight excluding hydrogens is 200 g/mol. The van der Waals surface area contributed by atoms with Crippen molar-refractivity contribution in [3.05, 3.63) is 34.9 Å². The van der Waals surface area contributed by atoms with Crippen molar-refractivity contribution < 1.29 is 24.5 Å². The fourth-order valence-corrected chi connectivity index (χ4v) is 1.16. The Morgan fingerprint density at radius 2 is 2.07 bits per heavy atom. The lowest BCUT2D eigenvalue weighted by Gasteiger charge is -2.05. The zero-order chi connectivity index (χ0) is 11.4. The Morgan fingerprint density at radius 1 is 1.40 bits per heavy atom. The highest BCUT2D eigenvalue weighted by Crippen LogP contribution is 2.13. The van der Waals surface area contributed by atoms with Gasteiger partial charge in [0.1, 0.15) is 0 Å². The van der Waals surface area contributed by atoms with E-state index in [1.165, 1.54) is 25.3 Å². The molecule has 0 bridgehead atoms. The standard InChI is InChI=1S/C10H10O5/c1-15-10(14)6-2-3-7(5-11)8(4-6)9(12)13/h2-4,11H,5H2,1H3,(H,12,13). The molecule has 0 aliphatic rings. The number of aliphatic hydroxyl groups excluding tert-OH is 1. The number of aliphatic hydroxyl groups is 1. The van der Waals surface area contributed by atoms with E-state index in [0.29, 0.717) is 0 Å². The van der Waals surface area contributed by atoms with Gasteiger partial charge < -0.3 is 14.9 Å². The van der Waals surface area contributed by atoms with Gasteiger partial charge in [0.15, 0.2) is 0 Å². The van der Waals surface area contributed by atoms with E-state index in [-0.39, 0.29) is 23.3 Å². The molecule has 5 heteroatoms. The smallest absolute Gasteiger partial charge is 0.337 e. The molecule has 0 aliphatic heterocycles. The molecule has 80 valence electrons. The van der Waals surface area contributed by atoms with Crippen LogP contribution in [-0.2, 0) is 11.3 Å². The molecule has 0 spiro atoms. The summed E-state index contributed by atoms with van der Waals surface area (Å²) < 4.78 is 4.45. The van der Waals surface area contributed by atoms with Crippen LogP contribution >= 0.6 is 0 Å². The number of esters is 1. The Morgan fingerprint density at radius 3 is 2.53 bits per heavy atom. The van der Waals surface area contributed by atoms with Gasteiger partial charge in [0, 0.05) is 0 Å². The van der Waals surface area contributed by atoms with E-state index >= 15 is 0 Å². The van der Waals surface area contributed by atoms with Gasteiger partial charge in [0.25, 0.3) is 0 Å². The highest BCUT2D eigenvalue weighted by Gasteiger charge is 2.13. The van der Waals surface area contributed by atoms with Crippen LogP contribution in [0.1, 0.15) is 26.3 Å². The maximum absolute atomic E-state index is 11.1. The second-order valence-corrected chi connectivity index (χ2v) is 2.83. The predicted molar refractivity (Wildman–Crippen MR) is 50.7 cm³/mol. The fraction of sp³-hybridized carbons (Fsp3) is 0.200. The molecule has 0 amide bonds. The van der Waals surface area contributed by atoms with E-state index < -0.39 is 11.9 Å². The van der Waals surface area contributed by atoms with E-state index in [4.69, 9.17) is 10.2 Å². The summed E-state index contributed by atoms with van der Waals surface area (Å²) in [6.07, 6.45) is 0. The number of hydrogen-bond donors (Lipinski definition) is 2. The van der Waals surface area contributed by atoms with E-state index in [0.717, 1.165) is 0 Å². The van der Waals surface area contributed by atoms with Crippen LogP contribution in [0.3, 0.4) is 0 Å². The molecule has 0 fully saturated rings. The average molecular weight is 210 g/mol. The van der Waals surface area contributed by atoms with Crippen LogP contribution < -0.4 is 0 Å². The minimum atomic E-state index is -1.19. The molecule has 0 saturated heterocycles. The summed E-state index contributed by atoms with van der Waals surface area (Å²) in [5, 5.41) is 17.7. The number of hydrogen-bond acceptors (Lipinski definition) is 4. The van der Waals surface area contributed by atoms with Gasteiger partial charge in [0.2, 0.25) is 0 Å². The van der Waals surface area contributed by atoms with Gasteiger partial charge in [-0.3, -0.25) is 0 Å². The average Bonchev–Trinajstić information content (AvgIpc) is 2.27. The van der Waals surface area contributed by atoms with Crippen LogP contribution in [0.2, 0.25) is 0 Å². The quantitative estimate of drug-likeness (QED) is 0.716. The summed E-state index contributed by atoms with van der Waals surface area (Å²) in [4.78, 5) is 21.9. The highest BCUT2D eigenvalue weighted by atomic mass is 16.5. The van der Waals surface area contributed by atoms with Crippen molar-refractivity contribution in [1.82, 2.24) is 0 Å². The monoisotopic (exact) mass is 210 g/mol. The third kappa shape index (κ3) is 2.32. The van der Waals surface area contributed by atoms with E-state index in [2.05, 4.69) is 4.74 Å². The second kappa shape index (κ2) is 4.56. The number of rotatable bonds is 3. The number of carboxylic acids is 1. The lowest BCUT2D eigenvalue weighted by Crippen LogP contribution is -2.07. The van der Waals surface area contributed by atoms with E-state index in [1.54, 1.807) is 0 Å². The lowest BCUT2D eigenvalue weighted by atomic mass is 10.0. The molecule has 15 heavy (non-hydrogen) atoms. The van der Waals surface area contributed by atoms with Crippen molar-refractivity contribution >= 4 is 11.9 Å². The van der Waals surface area contributed by atoms with E-state index in [1.807, 2.05) is 0 Å². The summed E-state index contributed by atoms with van der Waals surface area (Å²) in [6.45, 7) is -0.386. The van der Waals surface area contributed by atoms with Crippen molar-refractivity contribution in [2.75, 3.05) is 7.11 Å². The highest BCUT2D eigenvalue weighted by molar-refractivity contribution is 5.95. The first-order valence-corrected chi connectivity index (χ1v) is 4.15. The summed E-state index contributed by atoms with van der Waals surface area (Å²) >= 11 is 0. The van der Waals surface area contributed by atoms with Gasteiger partial charge in [-0.25, -0.2) is 9.59 Å². The van der Waals surface area contributed by atoms with Crippen LogP contribution in [0.15, 0.2) is 18.2 Å². The van der Waals surface area contributed by atoms with Crippen molar-refractivity contribution in [3.8, 4) is 0 Å². The van der Waals surface area contributed by atoms with Crippen LogP contribution in [0.25, 0.3) is 0 Å². The Hall–Kier alpha value is -1.88. The summed E-state index contributed by atoms with van der Waals surface area (Å²) in [7, 11) is 1.21. The Balaban J connectivity index is 3.22. The van der Waals surface area contributed by atoms with Gasteiger partial charge in [-0.1, -0.05) is 6.07 Å². The van der Waals surface area contributed by atoms with Crippen molar-refractivity contribution in [2.45, 2.75) is 6.61 Å². The summed E-state index contributed by atoms with van der Waals surface area (Å²) in [5.74, 6) is -1.80. The van der Waals surface area contributed by atoms with Gasteiger partial charge in [0.05, 0.1) is 24.8 Å². The SMILES string of the molecule is COC(=O)c1ccc(CO)c(C(=O)O)c1. The molecule has 1 aromatic rings. The van der Waals surface area contributed by atoms with Crippen LogP contribution in [-0.4, -0.2) is 29.3 Å². The fourth-order valence-electron chi connectivity index (χ4n) is 1.16. The molecule has 5 nitrogen and oxygen atoms in total. The van der Waals surface area contributed by atoms with Crippen LogP contribution in [0.5, 0.6) is 0 Å². The minimum absolute atomic E-state index is 0.0969. The number of carbonyl (C=O) groups excluding carboxylic acids is 1.